The highest BCUT2D eigenvalue weighted by Crippen LogP contribution is 2.46. The van der Waals surface area contributed by atoms with Gasteiger partial charge < -0.3 is 0 Å². The second-order valence-electron chi connectivity index (χ2n) is 7.88. The van der Waals surface area contributed by atoms with Crippen molar-refractivity contribution in [2.24, 2.45) is 0 Å². The van der Waals surface area contributed by atoms with Gasteiger partial charge in [-0.25, -0.2) is 9.97 Å². The van der Waals surface area contributed by atoms with E-state index in [1.54, 1.807) is 4.57 Å². The Morgan fingerprint density at radius 2 is 1.28 bits per heavy atom. The molecular formula is C26H11Cl4N3O2S. The summed E-state index contributed by atoms with van der Waals surface area (Å²) in [7, 11) is 0. The number of ketones is 2. The van der Waals surface area contributed by atoms with Crippen molar-refractivity contribution < 1.29 is 9.59 Å². The molecule has 0 aliphatic heterocycles. The normalized spacial score (nSPS) is 13.1. The van der Waals surface area contributed by atoms with Crippen LogP contribution in [0.1, 0.15) is 26.5 Å². The molecule has 1 aliphatic rings. The maximum absolute atomic E-state index is 13.3. The summed E-state index contributed by atoms with van der Waals surface area (Å²) in [5.74, 6) is -0.822. The van der Waals surface area contributed by atoms with Crippen LogP contribution < -0.4 is 0 Å². The number of carbonyl (C=O) groups excluding carboxylic acids is 2. The van der Waals surface area contributed by atoms with Crippen molar-refractivity contribution >= 4 is 85.9 Å². The fourth-order valence-corrected chi connectivity index (χ4v) is 6.07. The summed E-state index contributed by atoms with van der Waals surface area (Å²) in [6.45, 7) is 0. The van der Waals surface area contributed by atoms with Crippen molar-refractivity contribution in [1.29, 1.82) is 0 Å². The number of fused-ring (bicyclic) bond motifs is 2. The van der Waals surface area contributed by atoms with Gasteiger partial charge in [-0.1, -0.05) is 106 Å². The van der Waals surface area contributed by atoms with Crippen LogP contribution in [0.25, 0.3) is 32.8 Å². The number of Topliss-reactive ketones (excluding diaryl/α,β-unsaturated/α-hetero) is 2. The Morgan fingerprint density at radius 1 is 0.722 bits per heavy atom. The van der Waals surface area contributed by atoms with Crippen LogP contribution in [-0.2, 0) is 0 Å². The number of carbonyl (C=O) groups is 2. The molecular weight excluding hydrogens is 560 g/mol. The average Bonchev–Trinajstić information content (AvgIpc) is 3.53. The van der Waals surface area contributed by atoms with E-state index in [9.17, 15) is 9.59 Å². The highest BCUT2D eigenvalue weighted by molar-refractivity contribution is 7.21. The van der Waals surface area contributed by atoms with Crippen molar-refractivity contribution in [3.05, 3.63) is 103 Å². The average molecular weight is 571 g/mol. The summed E-state index contributed by atoms with van der Waals surface area (Å²) in [4.78, 5) is 36.8. The van der Waals surface area contributed by atoms with E-state index in [-0.39, 0.29) is 36.8 Å². The van der Waals surface area contributed by atoms with Crippen LogP contribution in [0.5, 0.6) is 0 Å². The minimum atomic E-state index is -0.593. The Hall–Kier alpha value is -3.00. The molecule has 36 heavy (non-hydrogen) atoms. The second kappa shape index (κ2) is 8.83. The number of thiazole rings is 1. The molecule has 0 fully saturated rings. The van der Waals surface area contributed by atoms with Gasteiger partial charge in [0.25, 0.3) is 0 Å². The van der Waals surface area contributed by atoms with E-state index in [1.165, 1.54) is 17.4 Å². The molecule has 0 bridgehead atoms. The number of nitrogens with zero attached hydrogens (tertiary/aromatic N) is 3. The first-order chi connectivity index (χ1) is 17.4. The van der Waals surface area contributed by atoms with Gasteiger partial charge in [0, 0.05) is 11.3 Å². The topological polar surface area (TPSA) is 64.8 Å². The highest BCUT2D eigenvalue weighted by atomic mass is 35.5. The van der Waals surface area contributed by atoms with Gasteiger partial charge in [-0.05, 0) is 18.2 Å². The predicted octanol–water partition coefficient (Wildman–Crippen LogP) is 8.23. The van der Waals surface area contributed by atoms with Crippen LogP contribution in [0.2, 0.25) is 20.1 Å². The molecule has 3 aromatic carbocycles. The molecule has 2 aromatic heterocycles. The molecule has 6 rings (SSSR count). The molecule has 0 spiro atoms. The lowest BCUT2D eigenvalue weighted by Crippen LogP contribution is -2.04. The number of rotatable bonds is 3. The smallest absolute Gasteiger partial charge is 0.199 e. The van der Waals surface area contributed by atoms with E-state index in [0.29, 0.717) is 16.3 Å². The third-order valence-electron chi connectivity index (χ3n) is 5.77. The number of aromatic nitrogens is 3. The van der Waals surface area contributed by atoms with Gasteiger partial charge in [-0.2, -0.15) is 0 Å². The van der Waals surface area contributed by atoms with Crippen LogP contribution in [0.15, 0.2) is 66.2 Å². The van der Waals surface area contributed by atoms with Gasteiger partial charge in [0.1, 0.15) is 10.8 Å². The molecule has 0 atom stereocenters. The van der Waals surface area contributed by atoms with Crippen molar-refractivity contribution in [3.63, 3.8) is 0 Å². The van der Waals surface area contributed by atoms with Crippen molar-refractivity contribution in [3.8, 4) is 16.3 Å². The van der Waals surface area contributed by atoms with E-state index in [2.05, 4.69) is 0 Å². The number of allylic oxidation sites excluding steroid dienone is 1. The molecule has 0 saturated heterocycles. The number of para-hydroxylation sites is 1. The first-order valence-corrected chi connectivity index (χ1v) is 12.9. The fourth-order valence-electron chi connectivity index (χ4n) is 4.11. The monoisotopic (exact) mass is 569 g/mol. The molecule has 5 aromatic rings. The van der Waals surface area contributed by atoms with E-state index in [0.717, 1.165) is 16.3 Å². The zero-order chi connectivity index (χ0) is 25.1. The summed E-state index contributed by atoms with van der Waals surface area (Å²) < 4.78 is 1.80. The SMILES string of the molecule is O=C1C(=Cc2nc3sc(-c4ccccc4)nc3n2-c2ccccc2)C(=O)c2c(Cl)c(Cl)c(Cl)c(Cl)c21. The maximum Gasteiger partial charge on any atom is 0.199 e. The standard InChI is InChI=1S/C26H11Cl4N3O2S/c27-18-16-17(19(28)21(30)20(18)29)23(35)14(22(16)34)11-15-31-26-24(33(15)13-9-5-2-6-10-13)32-25(36-26)12-7-3-1-4-8-12/h1-11H. The third kappa shape index (κ3) is 3.52. The van der Waals surface area contributed by atoms with Gasteiger partial charge in [0.15, 0.2) is 22.0 Å². The largest absolute Gasteiger partial charge is 0.288 e. The Morgan fingerprint density at radius 3 is 1.86 bits per heavy atom. The van der Waals surface area contributed by atoms with E-state index >= 15 is 0 Å². The van der Waals surface area contributed by atoms with Crippen LogP contribution in [0, 0.1) is 0 Å². The number of imidazole rings is 1. The Labute approximate surface area is 228 Å². The van der Waals surface area contributed by atoms with E-state index in [1.807, 2.05) is 60.7 Å². The lowest BCUT2D eigenvalue weighted by Gasteiger charge is -2.07. The molecule has 0 saturated carbocycles. The maximum atomic E-state index is 13.3. The minimum absolute atomic E-state index is 0.0589. The summed E-state index contributed by atoms with van der Waals surface area (Å²) in [5.41, 5.74) is 2.09. The molecule has 0 radical (unpaired) electrons. The summed E-state index contributed by atoms with van der Waals surface area (Å²) in [6, 6.07) is 19.2. The molecule has 2 heterocycles. The van der Waals surface area contributed by atoms with Crippen molar-refractivity contribution in [2.75, 3.05) is 0 Å². The zero-order valence-electron chi connectivity index (χ0n) is 17.9. The van der Waals surface area contributed by atoms with Gasteiger partial charge in [-0.15, -0.1) is 0 Å². The van der Waals surface area contributed by atoms with Crippen molar-refractivity contribution in [2.45, 2.75) is 0 Å². The summed E-state index contributed by atoms with van der Waals surface area (Å²) >= 11 is 26.3. The molecule has 1 aliphatic carbocycles. The first kappa shape index (κ1) is 23.4. The Balaban J connectivity index is 1.56. The molecule has 176 valence electrons. The molecule has 5 nitrogen and oxygen atoms in total. The lowest BCUT2D eigenvalue weighted by atomic mass is 10.1. The van der Waals surface area contributed by atoms with Gasteiger partial charge in [-0.3, -0.25) is 14.2 Å². The fraction of sp³-hybridized carbons (Fsp3) is 0. The molecule has 0 N–H and O–H groups in total. The van der Waals surface area contributed by atoms with E-state index < -0.39 is 11.6 Å². The summed E-state index contributed by atoms with van der Waals surface area (Å²) in [5, 5.41) is 0.441. The predicted molar refractivity (Wildman–Crippen MR) is 145 cm³/mol. The Kier molecular flexibility index (Phi) is 5.74. The minimum Gasteiger partial charge on any atom is -0.288 e. The molecule has 0 unspecified atom stereocenters. The van der Waals surface area contributed by atoms with Gasteiger partial charge in [0.05, 0.1) is 36.8 Å². The van der Waals surface area contributed by atoms with E-state index in [4.69, 9.17) is 56.4 Å². The summed E-state index contributed by atoms with van der Waals surface area (Å²) in [6.07, 6.45) is 1.43. The van der Waals surface area contributed by atoms with Gasteiger partial charge in [0.2, 0.25) is 0 Å². The first-order valence-electron chi connectivity index (χ1n) is 10.5. The van der Waals surface area contributed by atoms with Crippen LogP contribution in [-0.4, -0.2) is 26.1 Å². The Bertz CT molecular complexity index is 1710. The number of halogens is 4. The zero-order valence-corrected chi connectivity index (χ0v) is 21.8. The van der Waals surface area contributed by atoms with Gasteiger partial charge >= 0.3 is 0 Å². The van der Waals surface area contributed by atoms with Crippen LogP contribution in [0.3, 0.4) is 0 Å². The molecule has 10 heteroatoms. The lowest BCUT2D eigenvalue weighted by molar-refractivity contribution is 0.0990. The number of hydrogen-bond donors (Lipinski definition) is 0. The number of benzene rings is 3. The second-order valence-corrected chi connectivity index (χ2v) is 10.4. The third-order valence-corrected chi connectivity index (χ3v) is 8.56. The van der Waals surface area contributed by atoms with Crippen LogP contribution >= 0.6 is 57.7 Å². The van der Waals surface area contributed by atoms with Crippen LogP contribution in [0.4, 0.5) is 0 Å². The van der Waals surface area contributed by atoms with Crippen molar-refractivity contribution in [1.82, 2.24) is 14.5 Å². The number of hydrogen-bond acceptors (Lipinski definition) is 5. The highest BCUT2D eigenvalue weighted by Gasteiger charge is 2.40. The molecule has 0 amide bonds. The quantitative estimate of drug-likeness (QED) is 0.0948.